The largest absolute Gasteiger partial charge is 0.373 e. The highest BCUT2D eigenvalue weighted by atomic mass is 35.5. The molecule has 0 amide bonds. The Morgan fingerprint density at radius 2 is 2.24 bits per heavy atom. The van der Waals surface area contributed by atoms with Crippen LogP contribution in [0.15, 0.2) is 18.6 Å². The summed E-state index contributed by atoms with van der Waals surface area (Å²) in [6.45, 7) is 2.36. The molecule has 2 aromatic heterocycles. The predicted octanol–water partition coefficient (Wildman–Crippen LogP) is 1.67. The van der Waals surface area contributed by atoms with Crippen molar-refractivity contribution in [2.24, 2.45) is 20.0 Å². The van der Waals surface area contributed by atoms with Crippen molar-refractivity contribution < 1.29 is 4.74 Å². The van der Waals surface area contributed by atoms with Crippen molar-refractivity contribution in [3.63, 3.8) is 0 Å². The Hall–Kier alpha value is -1.37. The zero-order chi connectivity index (χ0) is 14.8. The van der Waals surface area contributed by atoms with Crippen molar-refractivity contribution in [1.82, 2.24) is 24.9 Å². The highest BCUT2D eigenvalue weighted by Gasteiger charge is 2.30. The van der Waals surface area contributed by atoms with Gasteiger partial charge in [0.25, 0.3) is 0 Å². The summed E-state index contributed by atoms with van der Waals surface area (Å²) in [6.07, 6.45) is 6.92. The quantitative estimate of drug-likeness (QED) is 0.913. The van der Waals surface area contributed by atoms with Crippen LogP contribution < -0.4 is 5.32 Å². The van der Waals surface area contributed by atoms with Gasteiger partial charge in [0.15, 0.2) is 0 Å². The van der Waals surface area contributed by atoms with Crippen LogP contribution >= 0.6 is 11.6 Å². The Morgan fingerprint density at radius 1 is 1.38 bits per heavy atom. The summed E-state index contributed by atoms with van der Waals surface area (Å²) in [5.74, 6) is 0.455. The first kappa shape index (κ1) is 14.6. The first-order valence-electron chi connectivity index (χ1n) is 7.12. The van der Waals surface area contributed by atoms with E-state index in [1.807, 2.05) is 37.4 Å². The molecular weight excluding hydrogens is 290 g/mol. The minimum absolute atomic E-state index is 0.130. The van der Waals surface area contributed by atoms with Crippen LogP contribution in [0, 0.1) is 5.92 Å². The molecule has 0 saturated carbocycles. The van der Waals surface area contributed by atoms with Crippen LogP contribution in [-0.2, 0) is 25.4 Å². The fourth-order valence-corrected chi connectivity index (χ4v) is 3.05. The van der Waals surface area contributed by atoms with Crippen LogP contribution in [0.25, 0.3) is 0 Å². The Morgan fingerprint density at radius 3 is 2.90 bits per heavy atom. The van der Waals surface area contributed by atoms with Crippen molar-refractivity contribution in [3.05, 3.63) is 34.9 Å². The van der Waals surface area contributed by atoms with Crippen molar-refractivity contribution in [2.75, 3.05) is 13.2 Å². The number of halogens is 1. The van der Waals surface area contributed by atoms with Crippen molar-refractivity contribution in [2.45, 2.75) is 19.1 Å². The standard InChI is InChI=1S/C14H20ClN5O/c1-19-8-11(6-17-19)14-10(3-4-21-14)5-16-7-13-12(15)9-20(2)18-13/h6,8-10,14,16H,3-5,7H2,1-2H3/t10-,14+/m1/s1. The maximum Gasteiger partial charge on any atom is 0.0948 e. The van der Waals surface area contributed by atoms with Gasteiger partial charge in [0, 0.05) is 57.7 Å². The van der Waals surface area contributed by atoms with Gasteiger partial charge in [0.1, 0.15) is 0 Å². The fraction of sp³-hybridized carbons (Fsp3) is 0.571. The Kier molecular flexibility index (Phi) is 4.28. The lowest BCUT2D eigenvalue weighted by molar-refractivity contribution is 0.0903. The third-order valence-electron chi connectivity index (χ3n) is 3.82. The van der Waals surface area contributed by atoms with E-state index in [2.05, 4.69) is 15.5 Å². The maximum atomic E-state index is 6.11. The Bertz CT molecular complexity index is 608. The van der Waals surface area contributed by atoms with Gasteiger partial charge in [-0.05, 0) is 6.42 Å². The number of aryl methyl sites for hydroxylation is 2. The number of hydrogen-bond acceptors (Lipinski definition) is 4. The maximum absolute atomic E-state index is 6.11. The summed E-state index contributed by atoms with van der Waals surface area (Å²) in [4.78, 5) is 0. The van der Waals surface area contributed by atoms with Crippen LogP contribution in [0.4, 0.5) is 0 Å². The van der Waals surface area contributed by atoms with Gasteiger partial charge in [-0.2, -0.15) is 10.2 Å². The topological polar surface area (TPSA) is 56.9 Å². The van der Waals surface area contributed by atoms with Gasteiger partial charge in [-0.1, -0.05) is 11.6 Å². The zero-order valence-electron chi connectivity index (χ0n) is 12.3. The number of nitrogens with one attached hydrogen (secondary N) is 1. The molecule has 0 spiro atoms. The van der Waals surface area contributed by atoms with Crippen molar-refractivity contribution >= 4 is 11.6 Å². The van der Waals surface area contributed by atoms with Crippen LogP contribution in [0.3, 0.4) is 0 Å². The number of ether oxygens (including phenoxy) is 1. The molecule has 0 radical (unpaired) electrons. The molecule has 3 rings (SSSR count). The van der Waals surface area contributed by atoms with Crippen LogP contribution in [0.5, 0.6) is 0 Å². The van der Waals surface area contributed by atoms with Gasteiger partial charge in [0.2, 0.25) is 0 Å². The predicted molar refractivity (Wildman–Crippen MR) is 79.9 cm³/mol. The Labute approximate surface area is 129 Å². The summed E-state index contributed by atoms with van der Waals surface area (Å²) in [7, 11) is 3.80. The third-order valence-corrected chi connectivity index (χ3v) is 4.14. The molecule has 0 bridgehead atoms. The molecule has 3 heterocycles. The van der Waals surface area contributed by atoms with Gasteiger partial charge in [-0.25, -0.2) is 0 Å². The first-order chi connectivity index (χ1) is 10.1. The van der Waals surface area contributed by atoms with Gasteiger partial charge in [0.05, 0.1) is 23.0 Å². The summed E-state index contributed by atoms with van der Waals surface area (Å²) in [5.41, 5.74) is 2.04. The van der Waals surface area contributed by atoms with Crippen LogP contribution in [-0.4, -0.2) is 32.7 Å². The van der Waals surface area contributed by atoms with Crippen LogP contribution in [0.2, 0.25) is 5.02 Å². The monoisotopic (exact) mass is 309 g/mol. The van der Waals surface area contributed by atoms with Gasteiger partial charge in [-0.15, -0.1) is 0 Å². The minimum Gasteiger partial charge on any atom is -0.373 e. The molecule has 2 aromatic rings. The van der Waals surface area contributed by atoms with E-state index in [1.165, 1.54) is 0 Å². The highest BCUT2D eigenvalue weighted by molar-refractivity contribution is 6.31. The van der Waals surface area contributed by atoms with E-state index in [0.717, 1.165) is 30.8 Å². The average molecular weight is 310 g/mol. The molecule has 114 valence electrons. The summed E-state index contributed by atoms with van der Waals surface area (Å²) >= 11 is 6.11. The van der Waals surface area contributed by atoms with E-state index < -0.39 is 0 Å². The van der Waals surface area contributed by atoms with Crippen molar-refractivity contribution in [1.29, 1.82) is 0 Å². The minimum atomic E-state index is 0.130. The van der Waals surface area contributed by atoms with E-state index in [9.17, 15) is 0 Å². The molecule has 0 aromatic carbocycles. The molecule has 1 saturated heterocycles. The SMILES string of the molecule is Cn1cc([C@H]2OCC[C@@H]2CNCc2nn(C)cc2Cl)cn1. The van der Waals surface area contributed by atoms with Gasteiger partial charge in [-0.3, -0.25) is 9.36 Å². The lowest BCUT2D eigenvalue weighted by Crippen LogP contribution is -2.24. The molecular formula is C14H20ClN5O. The second-order valence-corrected chi connectivity index (χ2v) is 5.92. The van der Waals surface area contributed by atoms with E-state index in [0.29, 0.717) is 17.5 Å². The lowest BCUT2D eigenvalue weighted by Gasteiger charge is -2.17. The number of rotatable bonds is 5. The second-order valence-electron chi connectivity index (χ2n) is 5.52. The third kappa shape index (κ3) is 3.28. The smallest absolute Gasteiger partial charge is 0.0948 e. The molecule has 6 nitrogen and oxygen atoms in total. The second kappa shape index (κ2) is 6.17. The molecule has 1 N–H and O–H groups in total. The zero-order valence-corrected chi connectivity index (χ0v) is 13.0. The summed E-state index contributed by atoms with van der Waals surface area (Å²) < 4.78 is 9.40. The van der Waals surface area contributed by atoms with E-state index in [1.54, 1.807) is 4.68 Å². The molecule has 7 heteroatoms. The molecule has 0 aliphatic carbocycles. The molecule has 1 aliphatic rings. The van der Waals surface area contributed by atoms with E-state index >= 15 is 0 Å². The molecule has 1 aliphatic heterocycles. The lowest BCUT2D eigenvalue weighted by atomic mass is 9.97. The van der Waals surface area contributed by atoms with E-state index in [-0.39, 0.29) is 6.10 Å². The molecule has 2 atom stereocenters. The Balaban J connectivity index is 1.56. The van der Waals surface area contributed by atoms with Gasteiger partial charge >= 0.3 is 0 Å². The number of nitrogens with zero attached hydrogens (tertiary/aromatic N) is 4. The fourth-order valence-electron chi connectivity index (χ4n) is 2.80. The first-order valence-corrected chi connectivity index (χ1v) is 7.50. The molecule has 21 heavy (non-hydrogen) atoms. The molecule has 0 unspecified atom stereocenters. The molecule has 1 fully saturated rings. The van der Waals surface area contributed by atoms with E-state index in [4.69, 9.17) is 16.3 Å². The average Bonchev–Trinajstić information content (AvgIpc) is 3.11. The number of aromatic nitrogens is 4. The van der Waals surface area contributed by atoms with Crippen molar-refractivity contribution in [3.8, 4) is 0 Å². The number of hydrogen-bond donors (Lipinski definition) is 1. The normalized spacial score (nSPS) is 22.0. The summed E-state index contributed by atoms with van der Waals surface area (Å²) in [5, 5.41) is 12.7. The summed E-state index contributed by atoms with van der Waals surface area (Å²) in [6, 6.07) is 0. The highest BCUT2D eigenvalue weighted by Crippen LogP contribution is 2.33. The van der Waals surface area contributed by atoms with Crippen LogP contribution in [0.1, 0.15) is 23.8 Å². The van der Waals surface area contributed by atoms with Gasteiger partial charge < -0.3 is 10.1 Å².